The van der Waals surface area contributed by atoms with Crippen LogP contribution in [0.3, 0.4) is 0 Å². The van der Waals surface area contributed by atoms with Crippen molar-refractivity contribution in [3.05, 3.63) is 117 Å². The number of carboxylic acids is 4. The van der Waals surface area contributed by atoms with Gasteiger partial charge in [0.2, 0.25) is 0 Å². The molecule has 8 rings (SSSR count). The van der Waals surface area contributed by atoms with Crippen LogP contribution in [-0.2, 0) is 25.7 Å². The van der Waals surface area contributed by atoms with Gasteiger partial charge in [-0.25, -0.2) is 19.2 Å². The SMILES string of the molecule is O=C(O)c1ccc(-c2cc3ccc2CCc2ccc(cc2-c2ccc(C(=O)O)c(C(=O)O)c2)CC3)cc1C(=O)O. The van der Waals surface area contributed by atoms with Crippen molar-refractivity contribution in [2.45, 2.75) is 25.7 Å². The lowest BCUT2D eigenvalue weighted by Crippen LogP contribution is -2.09. The Morgan fingerprint density at radius 2 is 0.800 bits per heavy atom. The van der Waals surface area contributed by atoms with Crippen LogP contribution >= 0.6 is 0 Å². The number of carbonyl (C=O) groups is 4. The molecule has 4 aromatic carbocycles. The van der Waals surface area contributed by atoms with E-state index in [4.69, 9.17) is 0 Å². The molecule has 0 atom stereocenters. The third kappa shape index (κ3) is 5.07. The van der Waals surface area contributed by atoms with Gasteiger partial charge in [-0.3, -0.25) is 0 Å². The molecule has 4 aliphatic carbocycles. The van der Waals surface area contributed by atoms with E-state index in [1.165, 1.54) is 24.3 Å². The molecule has 0 unspecified atom stereocenters. The molecule has 0 heterocycles. The Bertz CT molecular complexity index is 1590. The van der Waals surface area contributed by atoms with Crippen molar-refractivity contribution in [1.82, 2.24) is 0 Å². The largest absolute Gasteiger partial charge is 0.478 e. The van der Waals surface area contributed by atoms with Gasteiger partial charge in [0.05, 0.1) is 22.3 Å². The van der Waals surface area contributed by atoms with Crippen molar-refractivity contribution in [3.8, 4) is 22.3 Å². The van der Waals surface area contributed by atoms with Crippen LogP contribution in [0.25, 0.3) is 22.3 Å². The summed E-state index contributed by atoms with van der Waals surface area (Å²) < 4.78 is 0. The molecular formula is C32H24O8. The number of carboxylic acid groups (broad SMARTS) is 4. The van der Waals surface area contributed by atoms with Crippen LogP contribution in [0.1, 0.15) is 63.7 Å². The fourth-order valence-electron chi connectivity index (χ4n) is 5.24. The zero-order valence-electron chi connectivity index (χ0n) is 21.2. The minimum absolute atomic E-state index is 0.276. The highest BCUT2D eigenvalue weighted by Crippen LogP contribution is 2.33. The molecule has 40 heavy (non-hydrogen) atoms. The molecule has 0 aliphatic heterocycles. The molecule has 4 N–H and O–H groups in total. The van der Waals surface area contributed by atoms with E-state index < -0.39 is 23.9 Å². The van der Waals surface area contributed by atoms with Crippen LogP contribution in [0.4, 0.5) is 0 Å². The summed E-state index contributed by atoms with van der Waals surface area (Å²) in [5.41, 5.74) is 5.73. The standard InChI is InChI=1S/C32H24O8/c33-29(34)23-11-9-21(15-27(23)31(37)38)25-13-17-1-2-18-4-6-20(8-7-19(25)5-3-17)26(14-18)22-10-12-24(30(35)36)28(16-22)32(39)40/h3-6,9-16H,1-2,7-8H2,(H,33,34)(H,35,36)(H,37,38)(H,39,40). The molecule has 0 amide bonds. The zero-order chi connectivity index (χ0) is 28.6. The lowest BCUT2D eigenvalue weighted by atomic mass is 9.86. The Kier molecular flexibility index (Phi) is 6.92. The number of hydrogen-bond acceptors (Lipinski definition) is 4. The number of benzene rings is 4. The summed E-state index contributed by atoms with van der Waals surface area (Å²) in [5.74, 6) is -5.24. The van der Waals surface area contributed by atoms with Crippen molar-refractivity contribution >= 4 is 23.9 Å². The first-order valence-corrected chi connectivity index (χ1v) is 12.6. The topological polar surface area (TPSA) is 149 Å². The van der Waals surface area contributed by atoms with Crippen molar-refractivity contribution in [3.63, 3.8) is 0 Å². The van der Waals surface area contributed by atoms with Gasteiger partial charge in [0.1, 0.15) is 0 Å². The van der Waals surface area contributed by atoms with Crippen LogP contribution in [0.5, 0.6) is 0 Å². The van der Waals surface area contributed by atoms with E-state index in [9.17, 15) is 39.6 Å². The summed E-state index contributed by atoms with van der Waals surface area (Å²) in [4.78, 5) is 46.7. The van der Waals surface area contributed by atoms with E-state index in [0.29, 0.717) is 36.8 Å². The van der Waals surface area contributed by atoms with Crippen molar-refractivity contribution in [2.75, 3.05) is 0 Å². The van der Waals surface area contributed by atoms with Gasteiger partial charge in [-0.2, -0.15) is 0 Å². The second-order valence-electron chi connectivity index (χ2n) is 9.72. The summed E-state index contributed by atoms with van der Waals surface area (Å²) in [6.07, 6.45) is 2.51. The number of hydrogen-bond donors (Lipinski definition) is 4. The van der Waals surface area contributed by atoms with Gasteiger partial charge >= 0.3 is 23.9 Å². The Balaban J connectivity index is 1.59. The minimum atomic E-state index is -1.31. The van der Waals surface area contributed by atoms with E-state index >= 15 is 0 Å². The predicted octanol–water partition coefficient (Wildman–Crippen LogP) is 5.70. The molecule has 4 aliphatic rings. The van der Waals surface area contributed by atoms with Gasteiger partial charge in [-0.1, -0.05) is 48.5 Å². The van der Waals surface area contributed by atoms with E-state index in [-0.39, 0.29) is 22.3 Å². The maximum absolute atomic E-state index is 11.8. The Morgan fingerprint density at radius 3 is 1.15 bits per heavy atom. The molecule has 8 heteroatoms. The summed E-state index contributed by atoms with van der Waals surface area (Å²) in [5, 5.41) is 38.1. The van der Waals surface area contributed by atoms with Gasteiger partial charge < -0.3 is 20.4 Å². The second kappa shape index (κ2) is 10.5. The van der Waals surface area contributed by atoms with E-state index in [1.54, 1.807) is 12.1 Å². The quantitative estimate of drug-likeness (QED) is 0.245. The minimum Gasteiger partial charge on any atom is -0.478 e. The molecule has 200 valence electrons. The molecule has 8 nitrogen and oxygen atoms in total. The maximum atomic E-state index is 11.8. The predicted molar refractivity (Wildman–Crippen MR) is 146 cm³/mol. The average Bonchev–Trinajstić information content (AvgIpc) is 2.93. The highest BCUT2D eigenvalue weighted by atomic mass is 16.4. The van der Waals surface area contributed by atoms with Crippen molar-refractivity contribution in [2.24, 2.45) is 0 Å². The molecule has 0 saturated carbocycles. The fourth-order valence-corrected chi connectivity index (χ4v) is 5.24. The average molecular weight is 537 g/mol. The van der Waals surface area contributed by atoms with Crippen molar-refractivity contribution in [1.29, 1.82) is 0 Å². The molecule has 4 aromatic rings. The summed E-state index contributed by atoms with van der Waals surface area (Å²) >= 11 is 0. The Hall–Kier alpha value is -5.24. The monoisotopic (exact) mass is 536 g/mol. The van der Waals surface area contributed by atoms with Gasteiger partial charge in [0.25, 0.3) is 0 Å². The first kappa shape index (κ1) is 26.4. The molecule has 0 radical (unpaired) electrons. The van der Waals surface area contributed by atoms with Crippen LogP contribution < -0.4 is 0 Å². The van der Waals surface area contributed by atoms with Crippen LogP contribution in [0.15, 0.2) is 72.8 Å². The number of aromatic carboxylic acids is 4. The van der Waals surface area contributed by atoms with E-state index in [2.05, 4.69) is 0 Å². The second-order valence-corrected chi connectivity index (χ2v) is 9.72. The first-order chi connectivity index (χ1) is 19.1. The van der Waals surface area contributed by atoms with Gasteiger partial charge in [0, 0.05) is 0 Å². The summed E-state index contributed by atoms with van der Waals surface area (Å²) in [6.45, 7) is 0. The highest BCUT2D eigenvalue weighted by molar-refractivity contribution is 6.03. The first-order valence-electron chi connectivity index (χ1n) is 12.6. The smallest absolute Gasteiger partial charge is 0.336 e. The summed E-state index contributed by atoms with van der Waals surface area (Å²) in [6, 6.07) is 20.8. The van der Waals surface area contributed by atoms with Crippen LogP contribution in [0, 0.1) is 0 Å². The van der Waals surface area contributed by atoms with Gasteiger partial charge in [0.15, 0.2) is 0 Å². The zero-order valence-corrected chi connectivity index (χ0v) is 21.2. The molecule has 0 fully saturated rings. The third-order valence-electron chi connectivity index (χ3n) is 7.30. The molecule has 0 saturated heterocycles. The van der Waals surface area contributed by atoms with Crippen LogP contribution in [0.2, 0.25) is 0 Å². The molecule has 0 spiro atoms. The molecule has 0 aromatic heterocycles. The lowest BCUT2D eigenvalue weighted by molar-refractivity contribution is 0.0651. The normalized spacial score (nSPS) is 12.4. The summed E-state index contributed by atoms with van der Waals surface area (Å²) in [7, 11) is 0. The van der Waals surface area contributed by atoms with E-state index in [0.717, 1.165) is 33.4 Å². The fraction of sp³-hybridized carbons (Fsp3) is 0.125. The highest BCUT2D eigenvalue weighted by Gasteiger charge is 2.20. The Morgan fingerprint density at radius 1 is 0.425 bits per heavy atom. The molecule has 4 bridgehead atoms. The Labute approximate surface area is 228 Å². The number of rotatable bonds is 6. The van der Waals surface area contributed by atoms with Gasteiger partial charge in [-0.05, 0) is 94.5 Å². The van der Waals surface area contributed by atoms with Crippen LogP contribution in [-0.4, -0.2) is 44.3 Å². The molecular weight excluding hydrogens is 512 g/mol. The van der Waals surface area contributed by atoms with Gasteiger partial charge in [-0.15, -0.1) is 0 Å². The lowest BCUT2D eigenvalue weighted by Gasteiger charge is -2.18. The third-order valence-corrected chi connectivity index (χ3v) is 7.30. The van der Waals surface area contributed by atoms with Crippen molar-refractivity contribution < 1.29 is 39.6 Å². The maximum Gasteiger partial charge on any atom is 0.336 e. The van der Waals surface area contributed by atoms with E-state index in [1.807, 2.05) is 36.4 Å². The number of aryl methyl sites for hydroxylation is 4.